The summed E-state index contributed by atoms with van der Waals surface area (Å²) in [5, 5.41) is 4.46. The molecule has 28 heavy (non-hydrogen) atoms. The lowest BCUT2D eigenvalue weighted by atomic mass is 10.2. The van der Waals surface area contributed by atoms with Crippen LogP contribution in [-0.2, 0) is 0 Å². The summed E-state index contributed by atoms with van der Waals surface area (Å²) in [6, 6.07) is 30.2. The fraction of sp³-hybridized carbons (Fsp3) is 0.0435. The molecule has 0 saturated heterocycles. The molecule has 138 valence electrons. The van der Waals surface area contributed by atoms with Crippen molar-refractivity contribution in [2.45, 2.75) is 6.92 Å². The highest BCUT2D eigenvalue weighted by Gasteiger charge is 2.22. The molecular formula is C23H19N3O2. The van der Waals surface area contributed by atoms with Gasteiger partial charge in [-0.1, -0.05) is 54.6 Å². The fourth-order valence-corrected chi connectivity index (χ4v) is 2.95. The van der Waals surface area contributed by atoms with Gasteiger partial charge in [-0.25, -0.2) is 14.4 Å². The van der Waals surface area contributed by atoms with Gasteiger partial charge in [0.1, 0.15) is 0 Å². The lowest BCUT2D eigenvalue weighted by Gasteiger charge is -2.22. The third-order valence-electron chi connectivity index (χ3n) is 4.20. The fourth-order valence-electron chi connectivity index (χ4n) is 2.95. The van der Waals surface area contributed by atoms with Crippen LogP contribution in [0.25, 0.3) is 5.69 Å². The van der Waals surface area contributed by atoms with Gasteiger partial charge in [0, 0.05) is 6.07 Å². The Kier molecular flexibility index (Phi) is 4.89. The van der Waals surface area contributed by atoms with E-state index in [2.05, 4.69) is 5.10 Å². The minimum atomic E-state index is -0.505. The van der Waals surface area contributed by atoms with Crippen LogP contribution in [0.1, 0.15) is 5.69 Å². The maximum absolute atomic E-state index is 13.2. The van der Waals surface area contributed by atoms with E-state index in [4.69, 9.17) is 4.74 Å². The number of benzene rings is 3. The van der Waals surface area contributed by atoms with Crippen LogP contribution in [0.15, 0.2) is 97.1 Å². The van der Waals surface area contributed by atoms with Crippen molar-refractivity contribution in [2.24, 2.45) is 0 Å². The minimum Gasteiger partial charge on any atom is -0.390 e. The van der Waals surface area contributed by atoms with Crippen LogP contribution in [-0.4, -0.2) is 15.9 Å². The van der Waals surface area contributed by atoms with Crippen LogP contribution in [0.3, 0.4) is 0 Å². The van der Waals surface area contributed by atoms with Crippen molar-refractivity contribution in [3.8, 4) is 11.6 Å². The van der Waals surface area contributed by atoms with E-state index in [1.165, 1.54) is 4.90 Å². The van der Waals surface area contributed by atoms with E-state index in [1.54, 1.807) is 10.7 Å². The van der Waals surface area contributed by atoms with Gasteiger partial charge in [0.05, 0.1) is 22.8 Å². The Hall–Kier alpha value is -3.86. The first-order valence-electron chi connectivity index (χ1n) is 8.96. The molecule has 0 radical (unpaired) electrons. The first-order valence-corrected chi connectivity index (χ1v) is 8.96. The van der Waals surface area contributed by atoms with E-state index in [-0.39, 0.29) is 0 Å². The van der Waals surface area contributed by atoms with Gasteiger partial charge in [0.25, 0.3) is 0 Å². The average Bonchev–Trinajstić information content (AvgIpc) is 3.10. The first kappa shape index (κ1) is 17.5. The van der Waals surface area contributed by atoms with Crippen LogP contribution in [0.4, 0.5) is 16.2 Å². The van der Waals surface area contributed by atoms with Gasteiger partial charge in [-0.3, -0.25) is 0 Å². The van der Waals surface area contributed by atoms with Crippen LogP contribution in [0, 0.1) is 6.92 Å². The molecule has 4 rings (SSSR count). The highest BCUT2D eigenvalue weighted by molar-refractivity contribution is 5.96. The second kappa shape index (κ2) is 7.80. The Morgan fingerprint density at radius 3 is 1.86 bits per heavy atom. The van der Waals surface area contributed by atoms with E-state index >= 15 is 0 Å². The Morgan fingerprint density at radius 2 is 1.32 bits per heavy atom. The van der Waals surface area contributed by atoms with Crippen molar-refractivity contribution < 1.29 is 9.53 Å². The maximum atomic E-state index is 13.2. The summed E-state index contributed by atoms with van der Waals surface area (Å²) in [7, 11) is 0. The van der Waals surface area contributed by atoms with Crippen LogP contribution in [0.2, 0.25) is 0 Å². The predicted molar refractivity (Wildman–Crippen MR) is 109 cm³/mol. The smallest absolute Gasteiger partial charge is 0.390 e. The zero-order valence-corrected chi connectivity index (χ0v) is 15.4. The number of hydrogen-bond donors (Lipinski definition) is 0. The van der Waals surface area contributed by atoms with Gasteiger partial charge in [0.15, 0.2) is 0 Å². The van der Waals surface area contributed by atoms with Crippen molar-refractivity contribution >= 4 is 17.5 Å². The first-order chi connectivity index (χ1) is 13.7. The molecule has 0 atom stereocenters. The Balaban J connectivity index is 1.70. The molecule has 0 N–H and O–H groups in total. The second-order valence-electron chi connectivity index (χ2n) is 6.25. The largest absolute Gasteiger partial charge is 0.425 e. The molecule has 0 aliphatic rings. The number of hydrogen-bond acceptors (Lipinski definition) is 3. The molecule has 5 nitrogen and oxygen atoms in total. The topological polar surface area (TPSA) is 47.4 Å². The molecule has 5 heteroatoms. The van der Waals surface area contributed by atoms with Gasteiger partial charge >= 0.3 is 6.09 Å². The molecule has 0 fully saturated rings. The summed E-state index contributed by atoms with van der Waals surface area (Å²) in [5.74, 6) is 0.366. The standard InChI is InChI=1S/C23H19N3O2/c1-18-17-22(26(24-18)21-15-9-4-10-16-21)28-23(27)25(19-11-5-2-6-12-19)20-13-7-3-8-14-20/h2-17H,1H3. The van der Waals surface area contributed by atoms with Crippen molar-refractivity contribution in [2.75, 3.05) is 4.90 Å². The number of carbonyl (C=O) groups is 1. The number of ether oxygens (including phenoxy) is 1. The SMILES string of the molecule is Cc1cc(OC(=O)N(c2ccccc2)c2ccccc2)n(-c2ccccc2)n1. The summed E-state index contributed by atoms with van der Waals surface area (Å²) >= 11 is 0. The van der Waals surface area contributed by atoms with Gasteiger partial charge in [0.2, 0.25) is 5.88 Å². The third-order valence-corrected chi connectivity index (χ3v) is 4.20. The molecule has 0 saturated carbocycles. The number of amides is 1. The molecule has 1 amide bonds. The summed E-state index contributed by atoms with van der Waals surface area (Å²) in [5.41, 5.74) is 3.03. The zero-order valence-electron chi connectivity index (χ0n) is 15.4. The van der Waals surface area contributed by atoms with E-state index in [0.29, 0.717) is 5.88 Å². The van der Waals surface area contributed by atoms with E-state index in [0.717, 1.165) is 22.8 Å². The summed E-state index contributed by atoms with van der Waals surface area (Å²) in [4.78, 5) is 14.7. The molecular weight excluding hydrogens is 350 g/mol. The number of rotatable bonds is 4. The maximum Gasteiger partial charge on any atom is 0.425 e. The molecule has 0 spiro atoms. The van der Waals surface area contributed by atoms with E-state index in [9.17, 15) is 4.79 Å². The zero-order chi connectivity index (χ0) is 19.3. The van der Waals surface area contributed by atoms with Gasteiger partial charge in [-0.05, 0) is 43.3 Å². The number of aryl methyl sites for hydroxylation is 1. The van der Waals surface area contributed by atoms with E-state index < -0.39 is 6.09 Å². The summed E-state index contributed by atoms with van der Waals surface area (Å²) in [6.45, 7) is 1.86. The Bertz CT molecular complexity index is 1020. The highest BCUT2D eigenvalue weighted by atomic mass is 16.6. The van der Waals surface area contributed by atoms with Crippen molar-refractivity contribution in [3.05, 3.63) is 103 Å². The molecule has 0 bridgehead atoms. The normalized spacial score (nSPS) is 10.5. The van der Waals surface area contributed by atoms with Gasteiger partial charge in [-0.15, -0.1) is 0 Å². The molecule has 1 aromatic heterocycles. The summed E-state index contributed by atoms with van der Waals surface area (Å²) < 4.78 is 7.41. The van der Waals surface area contributed by atoms with Crippen LogP contribution in [0.5, 0.6) is 5.88 Å². The number of aromatic nitrogens is 2. The van der Waals surface area contributed by atoms with E-state index in [1.807, 2.05) is 97.9 Å². The number of para-hydroxylation sites is 3. The number of nitrogens with zero attached hydrogens (tertiary/aromatic N) is 3. The number of carbonyl (C=O) groups excluding carboxylic acids is 1. The Labute approximate surface area is 163 Å². The lowest BCUT2D eigenvalue weighted by molar-refractivity contribution is 0.207. The minimum absolute atomic E-state index is 0.366. The van der Waals surface area contributed by atoms with Gasteiger partial charge in [-0.2, -0.15) is 5.10 Å². The molecule has 1 heterocycles. The van der Waals surface area contributed by atoms with Crippen molar-refractivity contribution in [1.82, 2.24) is 9.78 Å². The van der Waals surface area contributed by atoms with Crippen molar-refractivity contribution in [3.63, 3.8) is 0 Å². The summed E-state index contributed by atoms with van der Waals surface area (Å²) in [6.07, 6.45) is -0.505. The van der Waals surface area contributed by atoms with Crippen LogP contribution >= 0.6 is 0 Å². The highest BCUT2D eigenvalue weighted by Crippen LogP contribution is 2.27. The third kappa shape index (κ3) is 3.64. The lowest BCUT2D eigenvalue weighted by Crippen LogP contribution is -2.29. The number of anilines is 2. The Morgan fingerprint density at radius 1 is 0.821 bits per heavy atom. The quantitative estimate of drug-likeness (QED) is 0.476. The van der Waals surface area contributed by atoms with Crippen molar-refractivity contribution in [1.29, 1.82) is 0 Å². The molecule has 3 aromatic carbocycles. The molecule has 0 aliphatic heterocycles. The molecule has 4 aromatic rings. The monoisotopic (exact) mass is 369 g/mol. The second-order valence-corrected chi connectivity index (χ2v) is 6.25. The molecule has 0 unspecified atom stereocenters. The van der Waals surface area contributed by atoms with Gasteiger partial charge < -0.3 is 4.74 Å². The molecule has 0 aliphatic carbocycles. The predicted octanol–water partition coefficient (Wildman–Crippen LogP) is 5.52. The average molecular weight is 369 g/mol. The van der Waals surface area contributed by atoms with Crippen LogP contribution < -0.4 is 9.64 Å².